The number of amides is 1. The molecule has 1 aromatic rings. The van der Waals surface area contributed by atoms with Crippen LogP contribution in [0, 0.1) is 5.92 Å². The summed E-state index contributed by atoms with van der Waals surface area (Å²) in [5, 5.41) is 13.8. The maximum atomic E-state index is 12.6. The highest BCUT2D eigenvalue weighted by molar-refractivity contribution is 5.94. The highest BCUT2D eigenvalue weighted by Gasteiger charge is 2.33. The number of ether oxygens (including phenoxy) is 1. The van der Waals surface area contributed by atoms with Gasteiger partial charge in [-0.25, -0.2) is 0 Å². The summed E-state index contributed by atoms with van der Waals surface area (Å²) in [4.78, 5) is 47.3. The van der Waals surface area contributed by atoms with Crippen molar-refractivity contribution in [1.82, 2.24) is 14.8 Å². The monoisotopic (exact) mass is 369 g/mol. The Labute approximate surface area is 150 Å². The molecule has 2 atom stereocenters. The average Bonchev–Trinajstić information content (AvgIpc) is 2.84. The van der Waals surface area contributed by atoms with E-state index < -0.39 is 0 Å². The molecule has 0 radical (unpaired) electrons. The van der Waals surface area contributed by atoms with Gasteiger partial charge in [0.05, 0.1) is 19.3 Å². The van der Waals surface area contributed by atoms with Gasteiger partial charge in [-0.15, -0.1) is 0 Å². The number of carbonyl (C=O) groups excluding carboxylic acids is 1. The molecule has 2 aliphatic heterocycles. The van der Waals surface area contributed by atoms with Crippen LogP contribution in [0.3, 0.4) is 0 Å². The number of rotatable bonds is 1. The first kappa shape index (κ1) is 21.3. The van der Waals surface area contributed by atoms with Crippen LogP contribution in [0.1, 0.15) is 10.4 Å². The van der Waals surface area contributed by atoms with Gasteiger partial charge >= 0.3 is 0 Å². The maximum absolute atomic E-state index is 12.6. The van der Waals surface area contributed by atoms with Crippen molar-refractivity contribution in [1.29, 1.82) is 0 Å². The Balaban J connectivity index is 0.000000499. The molecule has 3 heterocycles. The number of likely N-dealkylation sites (N-methyl/N-ethyl adjacent to an activating group) is 1. The number of hydrogen-bond acceptors (Lipinski definition) is 6. The van der Waals surface area contributed by atoms with E-state index in [9.17, 15) is 9.59 Å². The molecule has 144 valence electrons. The zero-order valence-electron chi connectivity index (χ0n) is 14.4. The fourth-order valence-electron chi connectivity index (χ4n) is 2.98. The van der Waals surface area contributed by atoms with Crippen LogP contribution in [-0.2, 0) is 14.3 Å². The zero-order valence-corrected chi connectivity index (χ0v) is 14.4. The van der Waals surface area contributed by atoms with E-state index in [0.717, 1.165) is 6.54 Å². The van der Waals surface area contributed by atoms with Crippen LogP contribution < -0.4 is 5.56 Å². The minimum atomic E-state index is -0.250. The number of fused-ring (bicyclic) bond motifs is 3. The smallest absolute Gasteiger partial charge is 0.290 e. The molecule has 1 amide bonds. The number of nitrogens with one attached hydrogen (secondary N) is 1. The van der Waals surface area contributed by atoms with Gasteiger partial charge in [-0.1, -0.05) is 0 Å². The lowest BCUT2D eigenvalue weighted by Gasteiger charge is -2.29. The van der Waals surface area contributed by atoms with Crippen LogP contribution in [0.2, 0.25) is 0 Å². The van der Waals surface area contributed by atoms with Crippen molar-refractivity contribution in [2.75, 3.05) is 39.9 Å². The molecule has 2 aliphatic rings. The Hall–Kier alpha value is -2.72. The third-order valence-corrected chi connectivity index (χ3v) is 4.05. The van der Waals surface area contributed by atoms with Crippen molar-refractivity contribution in [2.24, 2.45) is 5.92 Å². The van der Waals surface area contributed by atoms with Crippen LogP contribution in [-0.4, -0.2) is 89.8 Å². The summed E-state index contributed by atoms with van der Waals surface area (Å²) >= 11 is 0. The van der Waals surface area contributed by atoms with Crippen molar-refractivity contribution in [3.8, 4) is 0 Å². The Morgan fingerprint density at radius 1 is 1.23 bits per heavy atom. The number of hydrogen-bond donors (Lipinski definition) is 3. The Morgan fingerprint density at radius 3 is 2.50 bits per heavy atom. The van der Waals surface area contributed by atoms with Gasteiger partial charge in [-0.2, -0.15) is 0 Å². The molecule has 3 rings (SSSR count). The van der Waals surface area contributed by atoms with Gasteiger partial charge in [0, 0.05) is 43.4 Å². The molecule has 10 nitrogen and oxygen atoms in total. The van der Waals surface area contributed by atoms with E-state index in [2.05, 4.69) is 16.9 Å². The first-order valence-electron chi connectivity index (χ1n) is 7.88. The SMILES string of the molecule is CN1C[C@H]2COC[C@@H]1CN(C(=O)c1cc[nH]c(=O)c1)C2.O=CO.O=CO. The molecule has 0 aliphatic carbocycles. The number of aromatic amines is 1. The summed E-state index contributed by atoms with van der Waals surface area (Å²) < 4.78 is 5.65. The lowest BCUT2D eigenvalue weighted by molar-refractivity contribution is -0.123. The molecule has 2 fully saturated rings. The van der Waals surface area contributed by atoms with Crippen LogP contribution in [0.5, 0.6) is 0 Å². The molecule has 26 heavy (non-hydrogen) atoms. The van der Waals surface area contributed by atoms with Crippen molar-refractivity contribution < 1.29 is 29.3 Å². The van der Waals surface area contributed by atoms with Crippen LogP contribution in [0.25, 0.3) is 0 Å². The second kappa shape index (κ2) is 11.0. The number of carboxylic acid groups (broad SMARTS) is 2. The van der Waals surface area contributed by atoms with Gasteiger partial charge in [-0.05, 0) is 13.1 Å². The zero-order chi connectivity index (χ0) is 19.5. The quantitative estimate of drug-likeness (QED) is 0.545. The lowest BCUT2D eigenvalue weighted by Crippen LogP contribution is -2.44. The van der Waals surface area contributed by atoms with Gasteiger partial charge in [-0.3, -0.25) is 24.1 Å². The minimum Gasteiger partial charge on any atom is -0.483 e. The summed E-state index contributed by atoms with van der Waals surface area (Å²) in [6.45, 7) is 3.14. The fourth-order valence-corrected chi connectivity index (χ4v) is 2.98. The summed E-state index contributed by atoms with van der Waals surface area (Å²) in [6, 6.07) is 3.25. The van der Waals surface area contributed by atoms with Crippen molar-refractivity contribution in [2.45, 2.75) is 6.04 Å². The number of nitrogens with zero attached hydrogens (tertiary/aromatic N) is 2. The third-order valence-electron chi connectivity index (χ3n) is 4.05. The molecule has 1 aromatic heterocycles. The summed E-state index contributed by atoms with van der Waals surface area (Å²) in [7, 11) is 2.08. The second-order valence-corrected chi connectivity index (χ2v) is 5.86. The molecule has 2 saturated heterocycles. The minimum absolute atomic E-state index is 0.0664. The molecule has 3 N–H and O–H groups in total. The average molecular weight is 369 g/mol. The van der Waals surface area contributed by atoms with E-state index in [0.29, 0.717) is 37.8 Å². The van der Waals surface area contributed by atoms with E-state index in [-0.39, 0.29) is 30.5 Å². The van der Waals surface area contributed by atoms with Crippen molar-refractivity contribution in [3.63, 3.8) is 0 Å². The van der Waals surface area contributed by atoms with Gasteiger partial charge in [0.25, 0.3) is 18.9 Å². The number of aromatic nitrogens is 1. The molecular weight excluding hydrogens is 346 g/mol. The molecule has 0 spiro atoms. The first-order chi connectivity index (χ1) is 12.5. The van der Waals surface area contributed by atoms with Gasteiger partial charge in [0.2, 0.25) is 5.56 Å². The van der Waals surface area contributed by atoms with Crippen LogP contribution in [0.15, 0.2) is 23.1 Å². The lowest BCUT2D eigenvalue weighted by atomic mass is 10.1. The van der Waals surface area contributed by atoms with Crippen LogP contribution in [0.4, 0.5) is 0 Å². The Bertz CT molecular complexity index is 643. The largest absolute Gasteiger partial charge is 0.483 e. The van der Waals surface area contributed by atoms with Crippen molar-refractivity contribution in [3.05, 3.63) is 34.2 Å². The third kappa shape index (κ3) is 6.30. The highest BCUT2D eigenvalue weighted by Crippen LogP contribution is 2.19. The van der Waals surface area contributed by atoms with E-state index >= 15 is 0 Å². The number of H-pyrrole nitrogens is 1. The van der Waals surface area contributed by atoms with E-state index in [1.807, 2.05) is 4.90 Å². The first-order valence-corrected chi connectivity index (χ1v) is 7.88. The molecule has 0 aromatic carbocycles. The predicted molar refractivity (Wildman–Crippen MR) is 91.1 cm³/mol. The fraction of sp³-hybridized carbons (Fsp3) is 0.500. The maximum Gasteiger partial charge on any atom is 0.290 e. The summed E-state index contributed by atoms with van der Waals surface area (Å²) in [5.74, 6) is 0.266. The summed E-state index contributed by atoms with van der Waals surface area (Å²) in [5.41, 5.74) is 0.212. The second-order valence-electron chi connectivity index (χ2n) is 5.86. The van der Waals surface area contributed by atoms with Gasteiger partial charge in [0.1, 0.15) is 0 Å². The van der Waals surface area contributed by atoms with Crippen LogP contribution >= 0.6 is 0 Å². The standard InChI is InChI=1S/C14H19N3O3.2CH2O2/c1-16-5-10-6-17(7-12(16)9-20-8-10)14(19)11-2-3-15-13(18)4-11;2*2-1-3/h2-4,10,12H,5-9H2,1H3,(H,15,18);2*1H,(H,2,3)/t10-,12+;;/m1../s1. The van der Waals surface area contributed by atoms with E-state index in [1.54, 1.807) is 6.07 Å². The molecule has 10 heteroatoms. The predicted octanol–water partition coefficient (Wildman–Crippen LogP) is -0.821. The topological polar surface area (TPSA) is 140 Å². The van der Waals surface area contributed by atoms with E-state index in [4.69, 9.17) is 24.5 Å². The number of pyridine rings is 1. The molecular formula is C16H23N3O7. The highest BCUT2D eigenvalue weighted by atomic mass is 16.5. The summed E-state index contributed by atoms with van der Waals surface area (Å²) in [6.07, 6.45) is 1.52. The Kier molecular flexibility index (Phi) is 9.02. The Morgan fingerprint density at radius 2 is 1.88 bits per heavy atom. The normalized spacial score (nSPS) is 21.8. The molecule has 0 saturated carbocycles. The van der Waals surface area contributed by atoms with Crippen molar-refractivity contribution >= 4 is 18.9 Å². The van der Waals surface area contributed by atoms with E-state index in [1.165, 1.54) is 12.3 Å². The number of carbonyl (C=O) groups is 3. The molecule has 0 unspecified atom stereocenters. The van der Waals surface area contributed by atoms with Gasteiger partial charge in [0.15, 0.2) is 0 Å². The van der Waals surface area contributed by atoms with Gasteiger partial charge < -0.3 is 24.8 Å². The molecule has 2 bridgehead atoms.